The number of nitrogens with one attached hydrogen (secondary N) is 1. The Balaban J connectivity index is 1.85. The molecule has 0 radical (unpaired) electrons. The molecular formula is C12H15N3OS. The van der Waals surface area contributed by atoms with Crippen LogP contribution in [0, 0.1) is 0 Å². The first kappa shape index (κ1) is 12.0. The fourth-order valence-corrected chi connectivity index (χ4v) is 2.04. The lowest BCUT2D eigenvalue weighted by molar-refractivity contribution is 0.425. The number of hydrogen-bond donors (Lipinski definition) is 1. The summed E-state index contributed by atoms with van der Waals surface area (Å²) in [5.74, 6) is 1.44. The molecule has 0 aliphatic heterocycles. The van der Waals surface area contributed by atoms with Crippen LogP contribution < -0.4 is 5.32 Å². The van der Waals surface area contributed by atoms with Crippen LogP contribution in [0.4, 0.5) is 6.01 Å². The second-order valence-corrected chi connectivity index (χ2v) is 4.59. The van der Waals surface area contributed by atoms with Crippen molar-refractivity contribution < 1.29 is 4.52 Å². The van der Waals surface area contributed by atoms with Gasteiger partial charge in [0.15, 0.2) is 5.82 Å². The minimum atomic E-state index is 0.510. The largest absolute Gasteiger partial charge is 0.338 e. The van der Waals surface area contributed by atoms with Gasteiger partial charge >= 0.3 is 6.01 Å². The molecule has 90 valence electrons. The van der Waals surface area contributed by atoms with Crippen LogP contribution in [-0.4, -0.2) is 16.7 Å². The van der Waals surface area contributed by atoms with Crippen LogP contribution in [0.5, 0.6) is 0 Å². The Morgan fingerprint density at radius 1 is 1.29 bits per heavy atom. The van der Waals surface area contributed by atoms with Crippen LogP contribution in [0.15, 0.2) is 39.8 Å². The zero-order chi connectivity index (χ0) is 11.9. The molecule has 0 bridgehead atoms. The van der Waals surface area contributed by atoms with Crippen molar-refractivity contribution in [2.24, 2.45) is 0 Å². The Morgan fingerprint density at radius 2 is 2.12 bits per heavy atom. The molecule has 0 spiro atoms. The molecule has 2 rings (SSSR count). The van der Waals surface area contributed by atoms with Crippen molar-refractivity contribution in [3.63, 3.8) is 0 Å². The summed E-state index contributed by atoms with van der Waals surface area (Å²) in [6, 6.07) is 10.7. The van der Waals surface area contributed by atoms with Crippen molar-refractivity contribution >= 4 is 17.8 Å². The number of aromatic nitrogens is 2. The third-order valence-electron chi connectivity index (χ3n) is 2.11. The Morgan fingerprint density at radius 3 is 2.88 bits per heavy atom. The topological polar surface area (TPSA) is 51.0 Å². The lowest BCUT2D eigenvalue weighted by Gasteiger charge is -1.96. The third kappa shape index (κ3) is 3.78. The van der Waals surface area contributed by atoms with Crippen molar-refractivity contribution in [2.45, 2.75) is 24.0 Å². The van der Waals surface area contributed by atoms with Gasteiger partial charge < -0.3 is 9.84 Å². The molecule has 0 atom stereocenters. The van der Waals surface area contributed by atoms with Crippen molar-refractivity contribution in [2.75, 3.05) is 11.9 Å². The molecule has 1 heterocycles. The van der Waals surface area contributed by atoms with E-state index < -0.39 is 0 Å². The molecule has 0 unspecified atom stereocenters. The summed E-state index contributed by atoms with van der Waals surface area (Å²) in [6.45, 7) is 2.95. The van der Waals surface area contributed by atoms with Gasteiger partial charge in [0, 0.05) is 11.4 Å². The van der Waals surface area contributed by atoms with Gasteiger partial charge in [0.05, 0.1) is 5.75 Å². The maximum Gasteiger partial charge on any atom is 0.321 e. The van der Waals surface area contributed by atoms with Crippen LogP contribution in [0.2, 0.25) is 0 Å². The number of nitrogens with zero attached hydrogens (tertiary/aromatic N) is 2. The fourth-order valence-electron chi connectivity index (χ4n) is 1.28. The minimum absolute atomic E-state index is 0.510. The highest BCUT2D eigenvalue weighted by atomic mass is 32.2. The second-order valence-electron chi connectivity index (χ2n) is 3.54. The van der Waals surface area contributed by atoms with E-state index >= 15 is 0 Å². The van der Waals surface area contributed by atoms with Gasteiger partial charge in [-0.2, -0.15) is 4.98 Å². The van der Waals surface area contributed by atoms with E-state index in [4.69, 9.17) is 4.52 Å². The van der Waals surface area contributed by atoms with Gasteiger partial charge in [-0.05, 0) is 18.6 Å². The van der Waals surface area contributed by atoms with Crippen LogP contribution in [0.25, 0.3) is 0 Å². The third-order valence-corrected chi connectivity index (χ3v) is 3.11. The lowest BCUT2D eigenvalue weighted by Crippen LogP contribution is -1.99. The van der Waals surface area contributed by atoms with E-state index in [1.807, 2.05) is 18.2 Å². The van der Waals surface area contributed by atoms with Gasteiger partial charge in [-0.3, -0.25) is 0 Å². The maximum atomic E-state index is 5.07. The Labute approximate surface area is 105 Å². The second kappa shape index (κ2) is 6.30. The van der Waals surface area contributed by atoms with E-state index in [1.165, 1.54) is 4.90 Å². The van der Waals surface area contributed by atoms with Crippen LogP contribution in [-0.2, 0) is 5.75 Å². The summed E-state index contributed by atoms with van der Waals surface area (Å²) in [5, 5.41) is 6.98. The highest BCUT2D eigenvalue weighted by molar-refractivity contribution is 7.98. The van der Waals surface area contributed by atoms with E-state index in [0.29, 0.717) is 6.01 Å². The molecule has 0 fully saturated rings. The molecule has 2 aromatic rings. The molecule has 5 heteroatoms. The van der Waals surface area contributed by atoms with Gasteiger partial charge in [0.25, 0.3) is 0 Å². The molecule has 0 saturated carbocycles. The molecule has 1 aromatic carbocycles. The smallest absolute Gasteiger partial charge is 0.321 e. The first-order chi connectivity index (χ1) is 8.38. The Kier molecular flexibility index (Phi) is 4.44. The van der Waals surface area contributed by atoms with Gasteiger partial charge in [0.1, 0.15) is 0 Å². The summed E-state index contributed by atoms with van der Waals surface area (Å²) in [6.07, 6.45) is 1.04. The van der Waals surface area contributed by atoms with Gasteiger partial charge in [0.2, 0.25) is 0 Å². The predicted molar refractivity (Wildman–Crippen MR) is 69.1 cm³/mol. The first-order valence-corrected chi connectivity index (χ1v) is 6.61. The molecule has 0 aliphatic rings. The molecule has 0 saturated heterocycles. The van der Waals surface area contributed by atoms with E-state index in [2.05, 4.69) is 34.5 Å². The monoisotopic (exact) mass is 249 g/mol. The number of hydrogen-bond acceptors (Lipinski definition) is 5. The van der Waals surface area contributed by atoms with Crippen LogP contribution in [0.1, 0.15) is 19.2 Å². The maximum absolute atomic E-state index is 5.07. The molecule has 1 N–H and O–H groups in total. The highest BCUT2D eigenvalue weighted by Crippen LogP contribution is 2.21. The molecule has 0 aliphatic carbocycles. The number of rotatable bonds is 6. The summed E-state index contributed by atoms with van der Waals surface area (Å²) >= 11 is 1.70. The molecular weight excluding hydrogens is 234 g/mol. The van der Waals surface area contributed by atoms with Gasteiger partial charge in [-0.1, -0.05) is 30.3 Å². The van der Waals surface area contributed by atoms with E-state index in [9.17, 15) is 0 Å². The minimum Gasteiger partial charge on any atom is -0.338 e. The average molecular weight is 249 g/mol. The van der Waals surface area contributed by atoms with Crippen molar-refractivity contribution in [3.05, 3.63) is 36.2 Å². The van der Waals surface area contributed by atoms with Crippen LogP contribution in [0.3, 0.4) is 0 Å². The van der Waals surface area contributed by atoms with Gasteiger partial charge in [-0.25, -0.2) is 0 Å². The molecule has 1 aromatic heterocycles. The SMILES string of the molecule is CCCNc1nc(CSc2ccccc2)no1. The molecule has 17 heavy (non-hydrogen) atoms. The number of benzene rings is 1. The predicted octanol–water partition coefficient (Wildman–Crippen LogP) is 3.18. The molecule has 0 amide bonds. The number of thioether (sulfide) groups is 1. The summed E-state index contributed by atoms with van der Waals surface area (Å²) < 4.78 is 5.07. The summed E-state index contributed by atoms with van der Waals surface area (Å²) in [4.78, 5) is 5.46. The van der Waals surface area contributed by atoms with Crippen LogP contribution >= 0.6 is 11.8 Å². The summed E-state index contributed by atoms with van der Waals surface area (Å²) in [5.41, 5.74) is 0. The highest BCUT2D eigenvalue weighted by Gasteiger charge is 2.05. The van der Waals surface area contributed by atoms with Crippen molar-refractivity contribution in [3.8, 4) is 0 Å². The summed E-state index contributed by atoms with van der Waals surface area (Å²) in [7, 11) is 0. The lowest BCUT2D eigenvalue weighted by atomic mass is 10.4. The average Bonchev–Trinajstić information content (AvgIpc) is 2.83. The first-order valence-electron chi connectivity index (χ1n) is 5.63. The van der Waals surface area contributed by atoms with Crippen molar-refractivity contribution in [1.29, 1.82) is 0 Å². The Bertz CT molecular complexity index is 444. The fraction of sp³-hybridized carbons (Fsp3) is 0.333. The zero-order valence-electron chi connectivity index (χ0n) is 9.72. The van der Waals surface area contributed by atoms with Gasteiger partial charge in [-0.15, -0.1) is 11.8 Å². The van der Waals surface area contributed by atoms with Crippen molar-refractivity contribution in [1.82, 2.24) is 10.1 Å². The molecule has 4 nitrogen and oxygen atoms in total. The van der Waals surface area contributed by atoms with E-state index in [-0.39, 0.29) is 0 Å². The Hall–Kier alpha value is -1.49. The number of anilines is 1. The van der Waals surface area contributed by atoms with E-state index in [1.54, 1.807) is 11.8 Å². The quantitative estimate of drug-likeness (QED) is 0.797. The van der Waals surface area contributed by atoms with E-state index in [0.717, 1.165) is 24.5 Å². The standard InChI is InChI=1S/C12H15N3OS/c1-2-8-13-12-14-11(15-16-12)9-17-10-6-4-3-5-7-10/h3-7H,2,8-9H2,1H3,(H,13,14,15). The normalized spacial score (nSPS) is 10.4. The zero-order valence-corrected chi connectivity index (χ0v) is 10.5.